The van der Waals surface area contributed by atoms with Crippen LogP contribution in [0.25, 0.3) is 11.5 Å². The number of aryl methyl sites for hydroxylation is 1. The molecule has 0 bridgehead atoms. The van der Waals surface area contributed by atoms with E-state index in [1.807, 2.05) is 19.1 Å². The van der Waals surface area contributed by atoms with Gasteiger partial charge in [-0.25, -0.2) is 9.18 Å². The largest absolute Gasteiger partial charge is 0.490 e. The summed E-state index contributed by atoms with van der Waals surface area (Å²) >= 11 is 0. The average Bonchev–Trinajstić information content (AvgIpc) is 3.03. The number of carboxylic acids is 1. The average molecular weight is 383 g/mol. The zero-order valence-corrected chi connectivity index (χ0v) is 13.9. The fourth-order valence-electron chi connectivity index (χ4n) is 1.99. The fourth-order valence-corrected chi connectivity index (χ4v) is 1.99. The van der Waals surface area contributed by atoms with Gasteiger partial charge < -0.3 is 9.63 Å². The van der Waals surface area contributed by atoms with Crippen molar-refractivity contribution in [1.29, 1.82) is 0 Å². The number of aromatic nitrogens is 3. The van der Waals surface area contributed by atoms with Gasteiger partial charge in [0, 0.05) is 24.4 Å². The Balaban J connectivity index is 0.000000321. The molecule has 0 amide bonds. The summed E-state index contributed by atoms with van der Waals surface area (Å²) in [4.78, 5) is 17.3. The molecule has 0 aliphatic carbocycles. The van der Waals surface area contributed by atoms with E-state index in [2.05, 4.69) is 15.1 Å². The molecule has 10 heteroatoms. The molecule has 1 N–H and O–H groups in total. The third-order valence-electron chi connectivity index (χ3n) is 3.21. The lowest BCUT2D eigenvalue weighted by Crippen LogP contribution is -2.21. The van der Waals surface area contributed by atoms with Crippen molar-refractivity contribution in [1.82, 2.24) is 15.1 Å². The van der Waals surface area contributed by atoms with Gasteiger partial charge in [-0.1, -0.05) is 11.2 Å². The highest BCUT2D eigenvalue weighted by Gasteiger charge is 2.38. The van der Waals surface area contributed by atoms with E-state index in [0.29, 0.717) is 18.1 Å². The standard InChI is InChI=1S/C15H12FN3O.C2HF3O2/c1-10-7-12(16)4-5-13(10)15-18-14(19-20-15)8-11-3-2-6-17-9-11;3-2(4,5)1(6)7/h2-7,9H,8H2,1H3;(H,6,7). The van der Waals surface area contributed by atoms with E-state index < -0.39 is 12.1 Å². The van der Waals surface area contributed by atoms with E-state index in [4.69, 9.17) is 14.4 Å². The highest BCUT2D eigenvalue weighted by atomic mass is 19.4. The maximum Gasteiger partial charge on any atom is 0.490 e. The first-order valence-corrected chi connectivity index (χ1v) is 7.45. The number of hydrogen-bond donors (Lipinski definition) is 1. The molecule has 6 nitrogen and oxygen atoms in total. The van der Waals surface area contributed by atoms with Crippen molar-refractivity contribution in [2.24, 2.45) is 0 Å². The molecule has 0 fully saturated rings. The molecule has 0 spiro atoms. The van der Waals surface area contributed by atoms with Crippen LogP contribution in [0.5, 0.6) is 0 Å². The zero-order valence-electron chi connectivity index (χ0n) is 13.9. The Labute approximate surface area is 150 Å². The second-order valence-electron chi connectivity index (χ2n) is 5.32. The monoisotopic (exact) mass is 383 g/mol. The van der Waals surface area contributed by atoms with E-state index in [9.17, 15) is 17.6 Å². The van der Waals surface area contributed by atoms with Gasteiger partial charge in [0.05, 0.1) is 0 Å². The first-order valence-electron chi connectivity index (χ1n) is 7.45. The molecule has 0 aliphatic heterocycles. The molecule has 0 aliphatic rings. The van der Waals surface area contributed by atoms with E-state index in [0.717, 1.165) is 16.7 Å². The van der Waals surface area contributed by atoms with E-state index >= 15 is 0 Å². The lowest BCUT2D eigenvalue weighted by Gasteiger charge is -1.99. The number of alkyl halides is 3. The topological polar surface area (TPSA) is 89.1 Å². The lowest BCUT2D eigenvalue weighted by molar-refractivity contribution is -0.192. The molecule has 0 atom stereocenters. The highest BCUT2D eigenvalue weighted by molar-refractivity contribution is 5.73. The predicted molar refractivity (Wildman–Crippen MR) is 85.2 cm³/mol. The van der Waals surface area contributed by atoms with Crippen molar-refractivity contribution in [2.75, 3.05) is 0 Å². The third kappa shape index (κ3) is 5.87. The summed E-state index contributed by atoms with van der Waals surface area (Å²) in [7, 11) is 0. The van der Waals surface area contributed by atoms with Crippen LogP contribution in [0.1, 0.15) is 17.0 Å². The Morgan fingerprint density at radius 2 is 1.96 bits per heavy atom. The third-order valence-corrected chi connectivity index (χ3v) is 3.21. The SMILES string of the molecule is Cc1cc(F)ccc1-c1nc(Cc2cccnc2)no1.O=C(O)C(F)(F)F. The number of nitrogens with zero attached hydrogens (tertiary/aromatic N) is 3. The number of carboxylic acid groups (broad SMARTS) is 1. The van der Waals surface area contributed by atoms with Crippen LogP contribution < -0.4 is 0 Å². The normalized spacial score (nSPS) is 10.9. The van der Waals surface area contributed by atoms with Crippen molar-refractivity contribution in [2.45, 2.75) is 19.5 Å². The van der Waals surface area contributed by atoms with Crippen molar-refractivity contribution < 1.29 is 32.0 Å². The van der Waals surface area contributed by atoms with Crippen LogP contribution in [0.15, 0.2) is 47.2 Å². The van der Waals surface area contributed by atoms with Gasteiger partial charge >= 0.3 is 12.1 Å². The zero-order chi connectivity index (χ0) is 20.0. The van der Waals surface area contributed by atoms with Crippen LogP contribution in [-0.2, 0) is 11.2 Å². The van der Waals surface area contributed by atoms with Crippen molar-refractivity contribution >= 4 is 5.97 Å². The molecule has 0 saturated carbocycles. The summed E-state index contributed by atoms with van der Waals surface area (Å²) in [6.07, 6.45) is -1.05. The van der Waals surface area contributed by atoms with E-state index in [-0.39, 0.29) is 5.82 Å². The summed E-state index contributed by atoms with van der Waals surface area (Å²) in [5.74, 6) is -2.05. The van der Waals surface area contributed by atoms with Crippen LogP contribution in [0, 0.1) is 12.7 Å². The number of pyridine rings is 1. The van der Waals surface area contributed by atoms with Crippen molar-refractivity contribution in [3.05, 3.63) is 65.5 Å². The van der Waals surface area contributed by atoms with Gasteiger partial charge in [-0.15, -0.1) is 0 Å². The molecule has 142 valence electrons. The van der Waals surface area contributed by atoms with Gasteiger partial charge in [-0.05, 0) is 42.3 Å². The summed E-state index contributed by atoms with van der Waals surface area (Å²) in [5, 5.41) is 11.1. The number of aliphatic carboxylic acids is 1. The van der Waals surface area contributed by atoms with Crippen LogP contribution in [0.2, 0.25) is 0 Å². The minimum Gasteiger partial charge on any atom is -0.475 e. The van der Waals surface area contributed by atoms with Crippen LogP contribution in [0.3, 0.4) is 0 Å². The van der Waals surface area contributed by atoms with Gasteiger partial charge in [0.25, 0.3) is 5.89 Å². The summed E-state index contributed by atoms with van der Waals surface area (Å²) in [6, 6.07) is 8.28. The molecule has 0 saturated heterocycles. The fraction of sp³-hybridized carbons (Fsp3) is 0.176. The summed E-state index contributed by atoms with van der Waals surface area (Å²) in [5.41, 5.74) is 2.52. The first-order chi connectivity index (χ1) is 12.7. The molecule has 27 heavy (non-hydrogen) atoms. The lowest BCUT2D eigenvalue weighted by atomic mass is 10.1. The number of halogens is 4. The molecule has 0 radical (unpaired) electrons. The van der Waals surface area contributed by atoms with Gasteiger partial charge in [-0.3, -0.25) is 4.98 Å². The Morgan fingerprint density at radius 3 is 2.52 bits per heavy atom. The smallest absolute Gasteiger partial charge is 0.475 e. The minimum atomic E-state index is -5.08. The predicted octanol–water partition coefficient (Wildman–Crippen LogP) is 3.80. The summed E-state index contributed by atoms with van der Waals surface area (Å²) in [6.45, 7) is 1.81. The van der Waals surface area contributed by atoms with Crippen molar-refractivity contribution in [3.8, 4) is 11.5 Å². The molecule has 2 aromatic heterocycles. The van der Waals surface area contributed by atoms with Crippen LogP contribution >= 0.6 is 0 Å². The molecule has 2 heterocycles. The minimum absolute atomic E-state index is 0.277. The van der Waals surface area contributed by atoms with Crippen LogP contribution in [0.4, 0.5) is 17.6 Å². The second kappa shape index (κ2) is 8.39. The molecule has 0 unspecified atom stereocenters. The van der Waals surface area contributed by atoms with Gasteiger partial charge in [0.1, 0.15) is 5.82 Å². The van der Waals surface area contributed by atoms with Crippen molar-refractivity contribution in [3.63, 3.8) is 0 Å². The van der Waals surface area contributed by atoms with Gasteiger partial charge in [-0.2, -0.15) is 18.2 Å². The number of benzene rings is 1. The Hall–Kier alpha value is -3.30. The Morgan fingerprint density at radius 1 is 1.26 bits per heavy atom. The molecular weight excluding hydrogens is 370 g/mol. The number of hydrogen-bond acceptors (Lipinski definition) is 5. The number of carbonyl (C=O) groups is 1. The molecule has 3 aromatic rings. The molecule has 1 aromatic carbocycles. The molecule has 3 rings (SSSR count). The quantitative estimate of drug-likeness (QED) is 0.692. The summed E-state index contributed by atoms with van der Waals surface area (Å²) < 4.78 is 50.1. The number of rotatable bonds is 3. The van der Waals surface area contributed by atoms with E-state index in [1.54, 1.807) is 18.5 Å². The maximum atomic E-state index is 13.1. The maximum absolute atomic E-state index is 13.1. The van der Waals surface area contributed by atoms with Gasteiger partial charge in [0.2, 0.25) is 0 Å². The van der Waals surface area contributed by atoms with E-state index in [1.165, 1.54) is 12.1 Å². The Kier molecular flexibility index (Phi) is 6.22. The second-order valence-corrected chi connectivity index (χ2v) is 5.32. The first kappa shape index (κ1) is 20.0. The molecular formula is C17H13F4N3O3. The van der Waals surface area contributed by atoms with Crippen LogP contribution in [-0.4, -0.2) is 32.4 Å². The van der Waals surface area contributed by atoms with Gasteiger partial charge in [0.15, 0.2) is 5.82 Å². The highest BCUT2D eigenvalue weighted by Crippen LogP contribution is 2.22. The Bertz CT molecular complexity index is 911.